The first-order valence-electron chi connectivity index (χ1n) is 4.35. The van der Waals surface area contributed by atoms with Crippen LogP contribution in [0.2, 0.25) is 0 Å². The molecule has 1 aromatic rings. The number of rotatable bonds is 3. The average Bonchev–Trinajstić information content (AvgIpc) is 2.20. The van der Waals surface area contributed by atoms with E-state index in [9.17, 15) is 9.18 Å². The smallest absolute Gasteiger partial charge is 0.237 e. The fourth-order valence-electron chi connectivity index (χ4n) is 1.18. The molecule has 0 aromatic heterocycles. The van der Waals surface area contributed by atoms with E-state index in [1.54, 1.807) is 18.2 Å². The van der Waals surface area contributed by atoms with Crippen molar-refractivity contribution < 1.29 is 9.18 Å². The molecule has 0 fully saturated rings. The van der Waals surface area contributed by atoms with Crippen molar-refractivity contribution in [2.24, 2.45) is 5.73 Å². The summed E-state index contributed by atoms with van der Waals surface area (Å²) >= 11 is 0. The lowest BCUT2D eigenvalue weighted by Gasteiger charge is -2.10. The first kappa shape index (κ1) is 10.7. The van der Waals surface area contributed by atoms with Gasteiger partial charge in [-0.3, -0.25) is 4.79 Å². The van der Waals surface area contributed by atoms with Crippen molar-refractivity contribution in [1.82, 2.24) is 5.32 Å². The van der Waals surface area contributed by atoms with E-state index >= 15 is 0 Å². The predicted octanol–water partition coefficient (Wildman–Crippen LogP) is 0.442. The SMILES string of the molecule is CNC(=O)[C@@H](N)Cc1ccccc1F. The van der Waals surface area contributed by atoms with Gasteiger partial charge in [-0.05, 0) is 18.1 Å². The number of carbonyl (C=O) groups excluding carboxylic acids is 1. The highest BCUT2D eigenvalue weighted by molar-refractivity contribution is 5.81. The quantitative estimate of drug-likeness (QED) is 0.737. The molecule has 1 rings (SSSR count). The van der Waals surface area contributed by atoms with Crippen LogP contribution in [0.15, 0.2) is 24.3 Å². The second-order valence-corrected chi connectivity index (χ2v) is 3.02. The van der Waals surface area contributed by atoms with Gasteiger partial charge >= 0.3 is 0 Å². The van der Waals surface area contributed by atoms with E-state index < -0.39 is 6.04 Å². The van der Waals surface area contributed by atoms with Crippen molar-refractivity contribution in [3.63, 3.8) is 0 Å². The van der Waals surface area contributed by atoms with Crippen molar-refractivity contribution in [2.45, 2.75) is 12.5 Å². The number of nitrogens with one attached hydrogen (secondary N) is 1. The molecule has 14 heavy (non-hydrogen) atoms. The maximum absolute atomic E-state index is 13.1. The molecule has 0 aliphatic rings. The summed E-state index contributed by atoms with van der Waals surface area (Å²) in [6, 6.07) is 5.60. The second kappa shape index (κ2) is 4.72. The van der Waals surface area contributed by atoms with E-state index in [0.717, 1.165) is 0 Å². The molecule has 0 aliphatic heterocycles. The number of nitrogens with two attached hydrogens (primary N) is 1. The molecule has 0 bridgehead atoms. The summed E-state index contributed by atoms with van der Waals surface area (Å²) in [6.45, 7) is 0. The Kier molecular flexibility index (Phi) is 3.59. The van der Waals surface area contributed by atoms with E-state index in [4.69, 9.17) is 5.73 Å². The molecule has 0 aliphatic carbocycles. The highest BCUT2D eigenvalue weighted by atomic mass is 19.1. The fraction of sp³-hybridized carbons (Fsp3) is 0.300. The molecule has 0 saturated carbocycles. The third kappa shape index (κ3) is 2.53. The standard InChI is InChI=1S/C10H13FN2O/c1-13-10(14)9(12)6-7-4-2-3-5-8(7)11/h2-5,9H,6,12H2,1H3,(H,13,14)/t9-/m0/s1. The molecule has 0 unspecified atom stereocenters. The normalized spacial score (nSPS) is 12.2. The summed E-state index contributed by atoms with van der Waals surface area (Å²) in [4.78, 5) is 11.1. The summed E-state index contributed by atoms with van der Waals surface area (Å²) < 4.78 is 13.1. The van der Waals surface area contributed by atoms with Crippen LogP contribution < -0.4 is 11.1 Å². The Labute approximate surface area is 82.1 Å². The lowest BCUT2D eigenvalue weighted by molar-refractivity contribution is -0.121. The Balaban J connectivity index is 2.69. The van der Waals surface area contributed by atoms with Crippen LogP contribution in [-0.4, -0.2) is 19.0 Å². The van der Waals surface area contributed by atoms with Crippen LogP contribution in [0.3, 0.4) is 0 Å². The molecule has 1 amide bonds. The van der Waals surface area contributed by atoms with Gasteiger partial charge in [0, 0.05) is 7.05 Å². The number of likely N-dealkylation sites (N-methyl/N-ethyl adjacent to an activating group) is 1. The molecule has 0 radical (unpaired) electrons. The Morgan fingerprint density at radius 3 is 2.79 bits per heavy atom. The molecule has 3 nitrogen and oxygen atoms in total. The molecule has 76 valence electrons. The minimum atomic E-state index is -0.697. The van der Waals surface area contributed by atoms with Crippen molar-refractivity contribution >= 4 is 5.91 Å². The Morgan fingerprint density at radius 2 is 2.21 bits per heavy atom. The number of hydrogen-bond acceptors (Lipinski definition) is 2. The molecule has 1 atom stereocenters. The number of amides is 1. The summed E-state index contributed by atoms with van der Waals surface area (Å²) in [5.41, 5.74) is 6.01. The maximum Gasteiger partial charge on any atom is 0.237 e. The third-order valence-corrected chi connectivity index (χ3v) is 1.98. The molecular formula is C10H13FN2O. The first-order chi connectivity index (χ1) is 6.65. The molecule has 0 saturated heterocycles. The number of hydrogen-bond donors (Lipinski definition) is 2. The Morgan fingerprint density at radius 1 is 1.57 bits per heavy atom. The topological polar surface area (TPSA) is 55.1 Å². The minimum absolute atomic E-state index is 0.215. The van der Waals surface area contributed by atoms with Gasteiger partial charge in [0.05, 0.1) is 6.04 Å². The summed E-state index contributed by atoms with van der Waals surface area (Å²) in [6.07, 6.45) is 0.215. The lowest BCUT2D eigenvalue weighted by Crippen LogP contribution is -2.40. The van der Waals surface area contributed by atoms with Crippen molar-refractivity contribution in [2.75, 3.05) is 7.05 Å². The molecular weight excluding hydrogens is 183 g/mol. The summed E-state index contributed by atoms with van der Waals surface area (Å²) in [5, 5.41) is 2.42. The van der Waals surface area contributed by atoms with Crippen LogP contribution in [-0.2, 0) is 11.2 Å². The third-order valence-electron chi connectivity index (χ3n) is 1.98. The van der Waals surface area contributed by atoms with Gasteiger partial charge in [-0.2, -0.15) is 0 Å². The van der Waals surface area contributed by atoms with E-state index in [-0.39, 0.29) is 18.1 Å². The van der Waals surface area contributed by atoms with E-state index in [2.05, 4.69) is 5.32 Å². The molecule has 3 N–H and O–H groups in total. The zero-order valence-corrected chi connectivity index (χ0v) is 7.96. The molecule has 1 aromatic carbocycles. The van der Waals surface area contributed by atoms with Gasteiger partial charge in [-0.1, -0.05) is 18.2 Å². The summed E-state index contributed by atoms with van der Waals surface area (Å²) in [7, 11) is 1.50. The van der Waals surface area contributed by atoms with Crippen LogP contribution in [0.25, 0.3) is 0 Å². The zero-order valence-electron chi connectivity index (χ0n) is 7.96. The lowest BCUT2D eigenvalue weighted by atomic mass is 10.1. The van der Waals surface area contributed by atoms with Crippen LogP contribution in [0.5, 0.6) is 0 Å². The predicted molar refractivity (Wildman–Crippen MR) is 52.1 cm³/mol. The number of benzene rings is 1. The van der Waals surface area contributed by atoms with Gasteiger partial charge in [-0.15, -0.1) is 0 Å². The number of carbonyl (C=O) groups is 1. The molecule has 0 heterocycles. The van der Waals surface area contributed by atoms with Crippen molar-refractivity contribution in [3.05, 3.63) is 35.6 Å². The highest BCUT2D eigenvalue weighted by Gasteiger charge is 2.13. The van der Waals surface area contributed by atoms with Crippen LogP contribution >= 0.6 is 0 Å². The van der Waals surface area contributed by atoms with Gasteiger partial charge in [0.25, 0.3) is 0 Å². The first-order valence-corrected chi connectivity index (χ1v) is 4.35. The Bertz CT molecular complexity index is 328. The zero-order chi connectivity index (χ0) is 10.6. The number of halogens is 1. The maximum atomic E-state index is 13.1. The van der Waals surface area contributed by atoms with Gasteiger partial charge < -0.3 is 11.1 Å². The molecule has 0 spiro atoms. The minimum Gasteiger partial charge on any atom is -0.358 e. The fourth-order valence-corrected chi connectivity index (χ4v) is 1.18. The van der Waals surface area contributed by atoms with E-state index in [1.807, 2.05) is 0 Å². The van der Waals surface area contributed by atoms with Crippen LogP contribution in [0.1, 0.15) is 5.56 Å². The van der Waals surface area contributed by atoms with Gasteiger partial charge in [0.2, 0.25) is 5.91 Å². The van der Waals surface area contributed by atoms with Crippen molar-refractivity contribution in [3.8, 4) is 0 Å². The van der Waals surface area contributed by atoms with E-state index in [0.29, 0.717) is 5.56 Å². The summed E-state index contributed by atoms with van der Waals surface area (Å²) in [5.74, 6) is -0.611. The van der Waals surface area contributed by atoms with Gasteiger partial charge in [0.15, 0.2) is 0 Å². The van der Waals surface area contributed by atoms with Crippen LogP contribution in [0, 0.1) is 5.82 Å². The highest BCUT2D eigenvalue weighted by Crippen LogP contribution is 2.08. The van der Waals surface area contributed by atoms with Crippen molar-refractivity contribution in [1.29, 1.82) is 0 Å². The van der Waals surface area contributed by atoms with E-state index in [1.165, 1.54) is 13.1 Å². The molecule has 4 heteroatoms. The largest absolute Gasteiger partial charge is 0.358 e. The second-order valence-electron chi connectivity index (χ2n) is 3.02. The van der Waals surface area contributed by atoms with Crippen LogP contribution in [0.4, 0.5) is 4.39 Å². The monoisotopic (exact) mass is 196 g/mol. The van der Waals surface area contributed by atoms with Gasteiger partial charge in [0.1, 0.15) is 5.82 Å². The Hall–Kier alpha value is -1.42. The van der Waals surface area contributed by atoms with Gasteiger partial charge in [-0.25, -0.2) is 4.39 Å². The average molecular weight is 196 g/mol.